The summed E-state index contributed by atoms with van der Waals surface area (Å²) in [6, 6.07) is 1.90. The van der Waals surface area contributed by atoms with Crippen molar-refractivity contribution in [3.05, 3.63) is 18.5 Å². The lowest BCUT2D eigenvalue weighted by molar-refractivity contribution is -0.129. The van der Waals surface area contributed by atoms with E-state index in [4.69, 9.17) is 11.6 Å². The van der Waals surface area contributed by atoms with Gasteiger partial charge in [0.05, 0.1) is 12.0 Å². The molecule has 1 aromatic heterocycles. The number of aromatic nitrogens is 2. The molecular formula is C11H18ClN3O. The van der Waals surface area contributed by atoms with Crippen LogP contribution in [0.1, 0.15) is 20.8 Å². The maximum atomic E-state index is 11.8. The average Bonchev–Trinajstić information content (AvgIpc) is 2.70. The Labute approximate surface area is 101 Å². The number of carbonyl (C=O) groups excluding carboxylic acids is 1. The van der Waals surface area contributed by atoms with Gasteiger partial charge in [0, 0.05) is 24.3 Å². The van der Waals surface area contributed by atoms with E-state index in [1.54, 1.807) is 10.9 Å². The second-order valence-corrected chi connectivity index (χ2v) is 4.89. The number of hydrogen-bond donors (Lipinski definition) is 1. The molecule has 0 aromatic carbocycles. The molecular weight excluding hydrogens is 226 g/mol. The second kappa shape index (κ2) is 5.34. The minimum atomic E-state index is -0.528. The summed E-state index contributed by atoms with van der Waals surface area (Å²) in [6.45, 7) is 6.27. The number of halogens is 1. The van der Waals surface area contributed by atoms with Crippen LogP contribution >= 0.6 is 11.6 Å². The third-order valence-electron chi connectivity index (χ3n) is 2.35. The predicted molar refractivity (Wildman–Crippen MR) is 64.3 cm³/mol. The third-order valence-corrected chi connectivity index (χ3v) is 3.01. The molecule has 0 aliphatic rings. The lowest BCUT2D eigenvalue weighted by Crippen LogP contribution is -2.44. The van der Waals surface area contributed by atoms with Crippen molar-refractivity contribution >= 4 is 17.5 Å². The molecule has 1 rings (SSSR count). The highest BCUT2D eigenvalue weighted by Crippen LogP contribution is 2.17. The Morgan fingerprint density at radius 3 is 2.81 bits per heavy atom. The van der Waals surface area contributed by atoms with Gasteiger partial charge in [-0.2, -0.15) is 5.10 Å². The quantitative estimate of drug-likeness (QED) is 0.800. The first-order chi connectivity index (χ1) is 7.45. The maximum absolute atomic E-state index is 11.8. The summed E-state index contributed by atoms with van der Waals surface area (Å²) in [4.78, 5) is 11.8. The monoisotopic (exact) mass is 243 g/mol. The van der Waals surface area contributed by atoms with Crippen molar-refractivity contribution in [2.45, 2.75) is 33.4 Å². The molecule has 0 saturated heterocycles. The number of amides is 1. The van der Waals surface area contributed by atoms with Crippen LogP contribution in [0, 0.1) is 5.41 Å². The Morgan fingerprint density at radius 2 is 2.31 bits per heavy atom. The number of hydrogen-bond acceptors (Lipinski definition) is 2. The molecule has 90 valence electrons. The Bertz CT molecular complexity index is 335. The minimum absolute atomic E-state index is 0.0258. The maximum Gasteiger partial charge on any atom is 0.227 e. The fourth-order valence-electron chi connectivity index (χ4n) is 1.21. The van der Waals surface area contributed by atoms with Gasteiger partial charge in [-0.1, -0.05) is 0 Å². The molecule has 16 heavy (non-hydrogen) atoms. The predicted octanol–water partition coefficient (Wildman–Crippen LogP) is 1.65. The lowest BCUT2D eigenvalue weighted by atomic mass is 9.95. The van der Waals surface area contributed by atoms with Crippen LogP contribution in [-0.4, -0.2) is 27.6 Å². The van der Waals surface area contributed by atoms with Gasteiger partial charge < -0.3 is 5.32 Å². The number of nitrogens with zero attached hydrogens (tertiary/aromatic N) is 2. The summed E-state index contributed by atoms with van der Waals surface area (Å²) < 4.78 is 1.79. The fraction of sp³-hybridized carbons (Fsp3) is 0.636. The van der Waals surface area contributed by atoms with Gasteiger partial charge in [-0.25, -0.2) is 0 Å². The van der Waals surface area contributed by atoms with Crippen LogP contribution in [0.15, 0.2) is 18.5 Å². The van der Waals surface area contributed by atoms with Gasteiger partial charge in [-0.3, -0.25) is 9.48 Å². The van der Waals surface area contributed by atoms with Crippen LogP contribution in [-0.2, 0) is 11.3 Å². The first-order valence-corrected chi connectivity index (χ1v) is 5.83. The zero-order chi connectivity index (χ0) is 12.2. The van der Waals surface area contributed by atoms with Crippen LogP contribution in [0.3, 0.4) is 0 Å². The van der Waals surface area contributed by atoms with E-state index in [1.165, 1.54) is 0 Å². The van der Waals surface area contributed by atoms with Crippen LogP contribution in [0.2, 0.25) is 0 Å². The standard InChI is InChI=1S/C11H18ClN3O/c1-9(7-15-6-4-5-13-15)14-10(16)11(2,3)8-12/h4-6,9H,7-8H2,1-3H3,(H,14,16). The van der Waals surface area contributed by atoms with E-state index in [-0.39, 0.29) is 11.9 Å². The molecule has 1 aromatic rings. The molecule has 5 heteroatoms. The molecule has 0 aliphatic carbocycles. The SMILES string of the molecule is CC(Cn1cccn1)NC(=O)C(C)(C)CCl. The normalized spacial score (nSPS) is 13.5. The highest BCUT2D eigenvalue weighted by molar-refractivity contribution is 6.19. The molecule has 0 aliphatic heterocycles. The summed E-state index contributed by atoms with van der Waals surface area (Å²) in [5.74, 6) is 0.287. The number of alkyl halides is 1. The molecule has 0 saturated carbocycles. The van der Waals surface area contributed by atoms with Crippen LogP contribution < -0.4 is 5.32 Å². The van der Waals surface area contributed by atoms with Crippen molar-refractivity contribution in [1.82, 2.24) is 15.1 Å². The molecule has 4 nitrogen and oxygen atoms in total. The highest BCUT2D eigenvalue weighted by Gasteiger charge is 2.27. The van der Waals surface area contributed by atoms with Crippen LogP contribution in [0.4, 0.5) is 0 Å². The lowest BCUT2D eigenvalue weighted by Gasteiger charge is -2.23. The summed E-state index contributed by atoms with van der Waals surface area (Å²) in [5.41, 5.74) is -0.528. The van der Waals surface area contributed by atoms with Crippen molar-refractivity contribution in [3.63, 3.8) is 0 Å². The van der Waals surface area contributed by atoms with Gasteiger partial charge in [-0.05, 0) is 26.8 Å². The van der Waals surface area contributed by atoms with E-state index in [1.807, 2.05) is 33.0 Å². The van der Waals surface area contributed by atoms with E-state index in [2.05, 4.69) is 10.4 Å². The summed E-state index contributed by atoms with van der Waals surface area (Å²) in [6.07, 6.45) is 3.59. The van der Waals surface area contributed by atoms with Crippen molar-refractivity contribution < 1.29 is 4.79 Å². The second-order valence-electron chi connectivity index (χ2n) is 4.62. The van der Waals surface area contributed by atoms with Crippen molar-refractivity contribution in [1.29, 1.82) is 0 Å². The average molecular weight is 244 g/mol. The molecule has 0 spiro atoms. The van der Waals surface area contributed by atoms with Crippen LogP contribution in [0.5, 0.6) is 0 Å². The molecule has 1 heterocycles. The molecule has 0 bridgehead atoms. The number of carbonyl (C=O) groups is 1. The Morgan fingerprint density at radius 1 is 1.62 bits per heavy atom. The van der Waals surface area contributed by atoms with Crippen molar-refractivity contribution in [2.75, 3.05) is 5.88 Å². The van der Waals surface area contributed by atoms with Crippen molar-refractivity contribution in [2.24, 2.45) is 5.41 Å². The summed E-state index contributed by atoms with van der Waals surface area (Å²) in [5, 5.41) is 7.01. The molecule has 1 N–H and O–H groups in total. The molecule has 0 radical (unpaired) electrons. The van der Waals surface area contributed by atoms with E-state index >= 15 is 0 Å². The summed E-state index contributed by atoms with van der Waals surface area (Å²) >= 11 is 5.74. The van der Waals surface area contributed by atoms with Gasteiger partial charge in [0.2, 0.25) is 5.91 Å². The molecule has 1 unspecified atom stereocenters. The Balaban J connectivity index is 2.46. The van der Waals surface area contributed by atoms with Crippen molar-refractivity contribution in [3.8, 4) is 0 Å². The van der Waals surface area contributed by atoms with E-state index < -0.39 is 5.41 Å². The van der Waals surface area contributed by atoms with Gasteiger partial charge in [0.25, 0.3) is 0 Å². The van der Waals surface area contributed by atoms with Gasteiger partial charge in [0.15, 0.2) is 0 Å². The number of nitrogens with one attached hydrogen (secondary N) is 1. The number of rotatable bonds is 5. The van der Waals surface area contributed by atoms with Crippen LogP contribution in [0.25, 0.3) is 0 Å². The zero-order valence-electron chi connectivity index (χ0n) is 9.90. The Kier molecular flexibility index (Phi) is 4.35. The molecule has 1 atom stereocenters. The summed E-state index contributed by atoms with van der Waals surface area (Å²) in [7, 11) is 0. The fourth-order valence-corrected chi connectivity index (χ4v) is 1.34. The van der Waals surface area contributed by atoms with Gasteiger partial charge in [-0.15, -0.1) is 11.6 Å². The van der Waals surface area contributed by atoms with Gasteiger partial charge >= 0.3 is 0 Å². The first-order valence-electron chi connectivity index (χ1n) is 5.30. The van der Waals surface area contributed by atoms with E-state index in [9.17, 15) is 4.79 Å². The Hall–Kier alpha value is -1.03. The third kappa shape index (κ3) is 3.52. The molecule has 1 amide bonds. The zero-order valence-corrected chi connectivity index (χ0v) is 10.7. The molecule has 0 fully saturated rings. The smallest absolute Gasteiger partial charge is 0.227 e. The first kappa shape index (κ1) is 13.0. The van der Waals surface area contributed by atoms with Gasteiger partial charge in [0.1, 0.15) is 0 Å². The van der Waals surface area contributed by atoms with E-state index in [0.717, 1.165) is 0 Å². The van der Waals surface area contributed by atoms with E-state index in [0.29, 0.717) is 12.4 Å². The minimum Gasteiger partial charge on any atom is -0.351 e. The highest BCUT2D eigenvalue weighted by atomic mass is 35.5. The largest absolute Gasteiger partial charge is 0.351 e. The topological polar surface area (TPSA) is 46.9 Å².